The largest absolute Gasteiger partial charge is 0.335 e. The second-order valence-electron chi connectivity index (χ2n) is 5.00. The summed E-state index contributed by atoms with van der Waals surface area (Å²) in [4.78, 5) is 26.9. The summed E-state index contributed by atoms with van der Waals surface area (Å²) in [6.45, 7) is 5.32. The standard InChI is InChI=1S/C11H18N2O2/c1-7(2)8-4-9-11(15)12(3)6-10(14)13(9)5-8/h7-9H,4-6H2,1-3H3. The maximum Gasteiger partial charge on any atom is 0.245 e. The van der Waals surface area contributed by atoms with E-state index in [1.54, 1.807) is 16.8 Å². The van der Waals surface area contributed by atoms with E-state index in [2.05, 4.69) is 13.8 Å². The van der Waals surface area contributed by atoms with Crippen LogP contribution in [-0.2, 0) is 9.59 Å². The number of rotatable bonds is 1. The van der Waals surface area contributed by atoms with E-state index >= 15 is 0 Å². The lowest BCUT2D eigenvalue weighted by molar-refractivity contribution is -0.152. The molecule has 0 bridgehead atoms. The van der Waals surface area contributed by atoms with Crippen molar-refractivity contribution < 1.29 is 9.59 Å². The Hall–Kier alpha value is -1.06. The monoisotopic (exact) mass is 210 g/mol. The molecule has 2 heterocycles. The molecule has 0 saturated carbocycles. The molecule has 84 valence electrons. The van der Waals surface area contributed by atoms with Crippen LogP contribution in [-0.4, -0.2) is 47.8 Å². The predicted molar refractivity (Wildman–Crippen MR) is 56.1 cm³/mol. The van der Waals surface area contributed by atoms with Crippen LogP contribution in [0.1, 0.15) is 20.3 Å². The quantitative estimate of drug-likeness (QED) is 0.626. The number of hydrogen-bond donors (Lipinski definition) is 0. The third-order valence-corrected chi connectivity index (χ3v) is 3.63. The Morgan fingerprint density at radius 2 is 2.00 bits per heavy atom. The second kappa shape index (κ2) is 3.51. The molecule has 4 nitrogen and oxygen atoms in total. The van der Waals surface area contributed by atoms with E-state index in [-0.39, 0.29) is 24.4 Å². The summed E-state index contributed by atoms with van der Waals surface area (Å²) in [5.74, 6) is 1.24. The molecule has 2 atom stereocenters. The topological polar surface area (TPSA) is 40.6 Å². The zero-order valence-corrected chi connectivity index (χ0v) is 9.56. The minimum Gasteiger partial charge on any atom is -0.335 e. The minimum absolute atomic E-state index is 0.102. The molecule has 4 heteroatoms. The summed E-state index contributed by atoms with van der Waals surface area (Å²) in [7, 11) is 1.71. The van der Waals surface area contributed by atoms with Gasteiger partial charge in [-0.2, -0.15) is 0 Å². The summed E-state index contributed by atoms with van der Waals surface area (Å²) in [5, 5.41) is 0. The van der Waals surface area contributed by atoms with Crippen molar-refractivity contribution in [2.45, 2.75) is 26.3 Å². The zero-order valence-electron chi connectivity index (χ0n) is 9.56. The molecule has 2 unspecified atom stereocenters. The van der Waals surface area contributed by atoms with Crippen LogP contribution < -0.4 is 0 Å². The molecular formula is C11H18N2O2. The van der Waals surface area contributed by atoms with Crippen LogP contribution in [0.3, 0.4) is 0 Å². The van der Waals surface area contributed by atoms with Crippen molar-refractivity contribution in [1.29, 1.82) is 0 Å². The van der Waals surface area contributed by atoms with E-state index in [1.165, 1.54) is 0 Å². The second-order valence-corrected chi connectivity index (χ2v) is 5.00. The summed E-state index contributed by atoms with van der Waals surface area (Å²) >= 11 is 0. The maximum atomic E-state index is 11.9. The molecule has 2 rings (SSSR count). The molecule has 2 saturated heterocycles. The van der Waals surface area contributed by atoms with Crippen molar-refractivity contribution in [3.8, 4) is 0 Å². The van der Waals surface area contributed by atoms with Gasteiger partial charge in [0.05, 0.1) is 6.54 Å². The molecule has 0 aromatic heterocycles. The van der Waals surface area contributed by atoms with Gasteiger partial charge in [0.1, 0.15) is 6.04 Å². The van der Waals surface area contributed by atoms with Gasteiger partial charge in [0.15, 0.2) is 0 Å². The first-order chi connectivity index (χ1) is 7.00. The predicted octanol–water partition coefficient (Wildman–Crippen LogP) is 0.331. The van der Waals surface area contributed by atoms with Crippen molar-refractivity contribution in [3.05, 3.63) is 0 Å². The Morgan fingerprint density at radius 1 is 1.33 bits per heavy atom. The summed E-state index contributed by atoms with van der Waals surface area (Å²) < 4.78 is 0. The molecule has 0 aliphatic carbocycles. The molecule has 0 radical (unpaired) electrons. The average molecular weight is 210 g/mol. The lowest BCUT2D eigenvalue weighted by Crippen LogP contribution is -2.55. The van der Waals surface area contributed by atoms with E-state index < -0.39 is 0 Å². The number of carbonyl (C=O) groups is 2. The highest BCUT2D eigenvalue weighted by Gasteiger charge is 2.44. The lowest BCUT2D eigenvalue weighted by atomic mass is 9.93. The van der Waals surface area contributed by atoms with E-state index in [0.29, 0.717) is 11.8 Å². The van der Waals surface area contributed by atoms with Crippen molar-refractivity contribution in [2.24, 2.45) is 11.8 Å². The van der Waals surface area contributed by atoms with Crippen molar-refractivity contribution in [3.63, 3.8) is 0 Å². The van der Waals surface area contributed by atoms with Gasteiger partial charge < -0.3 is 9.80 Å². The zero-order chi connectivity index (χ0) is 11.2. The Labute approximate surface area is 90.2 Å². The van der Waals surface area contributed by atoms with Gasteiger partial charge in [0, 0.05) is 13.6 Å². The molecule has 15 heavy (non-hydrogen) atoms. The van der Waals surface area contributed by atoms with Gasteiger partial charge in [0.2, 0.25) is 11.8 Å². The van der Waals surface area contributed by atoms with Crippen LogP contribution in [0.5, 0.6) is 0 Å². The molecule has 0 N–H and O–H groups in total. The third kappa shape index (κ3) is 1.62. The molecule has 2 aliphatic heterocycles. The first kappa shape index (κ1) is 10.5. The lowest BCUT2D eigenvalue weighted by Gasteiger charge is -2.34. The minimum atomic E-state index is -0.177. The van der Waals surface area contributed by atoms with Crippen LogP contribution in [0.15, 0.2) is 0 Å². The number of carbonyl (C=O) groups excluding carboxylic acids is 2. The number of piperazine rings is 1. The van der Waals surface area contributed by atoms with Crippen LogP contribution in [0.2, 0.25) is 0 Å². The van der Waals surface area contributed by atoms with E-state index in [4.69, 9.17) is 0 Å². The number of likely N-dealkylation sites (N-methyl/N-ethyl adjacent to an activating group) is 1. The number of hydrogen-bond acceptors (Lipinski definition) is 2. The molecule has 2 fully saturated rings. The van der Waals surface area contributed by atoms with Gasteiger partial charge >= 0.3 is 0 Å². The maximum absolute atomic E-state index is 11.9. The Bertz CT molecular complexity index is 301. The summed E-state index contributed by atoms with van der Waals surface area (Å²) in [6, 6.07) is -0.177. The SMILES string of the molecule is CC(C)C1CC2C(=O)N(C)CC(=O)N2C1. The van der Waals surface area contributed by atoms with Gasteiger partial charge in [-0.3, -0.25) is 9.59 Å². The molecule has 0 aromatic carbocycles. The number of fused-ring (bicyclic) bond motifs is 1. The van der Waals surface area contributed by atoms with Gasteiger partial charge in [-0.05, 0) is 18.3 Å². The number of nitrogens with zero attached hydrogens (tertiary/aromatic N) is 2. The van der Waals surface area contributed by atoms with Crippen LogP contribution >= 0.6 is 0 Å². The van der Waals surface area contributed by atoms with Gasteiger partial charge in [0.25, 0.3) is 0 Å². The third-order valence-electron chi connectivity index (χ3n) is 3.63. The summed E-state index contributed by atoms with van der Waals surface area (Å²) in [6.07, 6.45) is 0.840. The molecule has 2 amide bonds. The van der Waals surface area contributed by atoms with Crippen LogP contribution in [0.25, 0.3) is 0 Å². The highest BCUT2D eigenvalue weighted by Crippen LogP contribution is 2.31. The van der Waals surface area contributed by atoms with E-state index in [1.807, 2.05) is 0 Å². The van der Waals surface area contributed by atoms with Crippen molar-refractivity contribution in [1.82, 2.24) is 9.80 Å². The highest BCUT2D eigenvalue weighted by atomic mass is 16.2. The fourth-order valence-corrected chi connectivity index (χ4v) is 2.49. The molecule has 0 spiro atoms. The van der Waals surface area contributed by atoms with Crippen molar-refractivity contribution in [2.75, 3.05) is 20.1 Å². The average Bonchev–Trinajstić information content (AvgIpc) is 2.59. The first-order valence-corrected chi connectivity index (χ1v) is 5.55. The smallest absolute Gasteiger partial charge is 0.245 e. The van der Waals surface area contributed by atoms with E-state index in [9.17, 15) is 9.59 Å². The molecule has 0 aromatic rings. The Balaban J connectivity index is 2.17. The highest BCUT2D eigenvalue weighted by molar-refractivity contribution is 5.95. The fourth-order valence-electron chi connectivity index (χ4n) is 2.49. The van der Waals surface area contributed by atoms with Crippen molar-refractivity contribution >= 4 is 11.8 Å². The Morgan fingerprint density at radius 3 is 2.60 bits per heavy atom. The Kier molecular flexibility index (Phi) is 2.44. The van der Waals surface area contributed by atoms with Gasteiger partial charge in [-0.15, -0.1) is 0 Å². The van der Waals surface area contributed by atoms with Crippen LogP contribution in [0, 0.1) is 11.8 Å². The number of amides is 2. The fraction of sp³-hybridized carbons (Fsp3) is 0.818. The van der Waals surface area contributed by atoms with E-state index in [0.717, 1.165) is 13.0 Å². The normalized spacial score (nSPS) is 31.5. The van der Waals surface area contributed by atoms with Gasteiger partial charge in [-0.1, -0.05) is 13.8 Å². The summed E-state index contributed by atoms with van der Waals surface area (Å²) in [5.41, 5.74) is 0. The molecular weight excluding hydrogens is 192 g/mol. The molecule has 2 aliphatic rings. The first-order valence-electron chi connectivity index (χ1n) is 5.55. The van der Waals surface area contributed by atoms with Gasteiger partial charge in [-0.25, -0.2) is 0 Å². The van der Waals surface area contributed by atoms with Crippen LogP contribution in [0.4, 0.5) is 0 Å².